The van der Waals surface area contributed by atoms with E-state index in [4.69, 9.17) is 0 Å². The number of aliphatic hydroxyl groups is 1. The molecule has 2 atom stereocenters. The van der Waals surface area contributed by atoms with Gasteiger partial charge in [0.15, 0.2) is 0 Å². The van der Waals surface area contributed by atoms with Crippen molar-refractivity contribution in [1.82, 2.24) is 9.78 Å². The number of nitro groups is 1. The summed E-state index contributed by atoms with van der Waals surface area (Å²) in [6.07, 6.45) is 2.48. The molecule has 1 aliphatic rings. The molecule has 114 valence electrons. The lowest BCUT2D eigenvalue weighted by Crippen LogP contribution is -2.43. The molecule has 0 aliphatic carbocycles. The number of hydrogen-bond donors (Lipinski definition) is 2. The number of hydrogen-bond acceptors (Lipinski definition) is 6. The summed E-state index contributed by atoms with van der Waals surface area (Å²) in [5, 5.41) is 24.8. The van der Waals surface area contributed by atoms with E-state index in [2.05, 4.69) is 10.8 Å². The highest BCUT2D eigenvalue weighted by atomic mass is 16.6. The lowest BCUT2D eigenvalue weighted by Gasteiger charge is -2.36. The van der Waals surface area contributed by atoms with Crippen molar-refractivity contribution in [1.29, 1.82) is 0 Å². The van der Waals surface area contributed by atoms with Gasteiger partial charge in [-0.25, -0.2) is 4.68 Å². The van der Waals surface area contributed by atoms with Crippen molar-refractivity contribution < 1.29 is 10.0 Å². The number of rotatable bonds is 3. The quantitative estimate of drug-likeness (QED) is 0.618. The van der Waals surface area contributed by atoms with Crippen LogP contribution in [0, 0.1) is 16.0 Å². The predicted molar refractivity (Wildman–Crippen MR) is 76.6 cm³/mol. The Morgan fingerprint density at radius 1 is 1.60 bits per heavy atom. The minimum atomic E-state index is -0.408. The number of aromatic nitrogens is 2. The van der Waals surface area contributed by atoms with E-state index < -0.39 is 4.92 Å². The average molecular weight is 285 g/mol. The van der Waals surface area contributed by atoms with Gasteiger partial charge in [0, 0.05) is 26.1 Å². The van der Waals surface area contributed by atoms with E-state index in [1.54, 1.807) is 7.05 Å². The van der Waals surface area contributed by atoms with Gasteiger partial charge in [-0.05, 0) is 19.9 Å². The Hall–Kier alpha value is -1.67. The number of piperidine rings is 1. The summed E-state index contributed by atoms with van der Waals surface area (Å²) < 4.78 is 1.53. The minimum absolute atomic E-state index is 0.0312. The maximum atomic E-state index is 11.0. The fourth-order valence-electron chi connectivity index (χ4n) is 2.53. The second-order valence-electron chi connectivity index (χ2n) is 4.70. The molecule has 8 nitrogen and oxygen atoms in total. The van der Waals surface area contributed by atoms with Crippen molar-refractivity contribution in [3.8, 4) is 0 Å². The first-order chi connectivity index (χ1) is 9.54. The summed E-state index contributed by atoms with van der Waals surface area (Å²) in [6.45, 7) is 3.28. The van der Waals surface area contributed by atoms with Crippen LogP contribution < -0.4 is 10.6 Å². The Labute approximate surface area is 118 Å². The molecule has 1 aromatic heterocycles. The molecule has 0 amide bonds. The van der Waals surface area contributed by atoms with Gasteiger partial charge in [0.2, 0.25) is 5.82 Å². The first-order valence-electron chi connectivity index (χ1n) is 6.71. The average Bonchev–Trinajstić information content (AvgIpc) is 2.84. The monoisotopic (exact) mass is 285 g/mol. The first-order valence-corrected chi connectivity index (χ1v) is 6.71. The van der Waals surface area contributed by atoms with Gasteiger partial charge >= 0.3 is 5.69 Å². The lowest BCUT2D eigenvalue weighted by atomic mass is 9.92. The van der Waals surface area contributed by atoms with Gasteiger partial charge in [-0.15, -0.1) is 0 Å². The van der Waals surface area contributed by atoms with Gasteiger partial charge in [0.25, 0.3) is 0 Å². The van der Waals surface area contributed by atoms with Crippen LogP contribution in [0.2, 0.25) is 0 Å². The fourth-order valence-corrected chi connectivity index (χ4v) is 2.53. The Balaban J connectivity index is 0.000000956. The fraction of sp³-hybridized carbons (Fsp3) is 0.750. The SMILES string of the molecule is CCC1CN(c2c([N+](=O)[O-])cnn2C)CCC1O.CN. The van der Waals surface area contributed by atoms with Crippen LogP contribution in [0.4, 0.5) is 11.5 Å². The van der Waals surface area contributed by atoms with Crippen LogP contribution in [-0.2, 0) is 7.05 Å². The topological polar surface area (TPSA) is 110 Å². The third-order valence-electron chi connectivity index (χ3n) is 3.60. The van der Waals surface area contributed by atoms with E-state index >= 15 is 0 Å². The van der Waals surface area contributed by atoms with E-state index in [1.165, 1.54) is 17.9 Å². The van der Waals surface area contributed by atoms with E-state index in [0.717, 1.165) is 6.42 Å². The van der Waals surface area contributed by atoms with Gasteiger partial charge in [0.05, 0.1) is 11.0 Å². The third kappa shape index (κ3) is 3.26. The summed E-state index contributed by atoms with van der Waals surface area (Å²) in [5.74, 6) is 0.693. The van der Waals surface area contributed by atoms with Gasteiger partial charge in [0.1, 0.15) is 6.20 Å². The van der Waals surface area contributed by atoms with Crippen molar-refractivity contribution in [2.45, 2.75) is 25.9 Å². The van der Waals surface area contributed by atoms with Crippen LogP contribution in [0.1, 0.15) is 19.8 Å². The second-order valence-corrected chi connectivity index (χ2v) is 4.70. The Kier molecular flexibility index (Phi) is 5.90. The summed E-state index contributed by atoms with van der Waals surface area (Å²) in [5.41, 5.74) is 4.53. The van der Waals surface area contributed by atoms with E-state index in [0.29, 0.717) is 25.3 Å². The zero-order valence-corrected chi connectivity index (χ0v) is 12.2. The van der Waals surface area contributed by atoms with Crippen molar-refractivity contribution in [2.24, 2.45) is 18.7 Å². The number of anilines is 1. The molecule has 1 aromatic rings. The maximum Gasteiger partial charge on any atom is 0.331 e. The molecular weight excluding hydrogens is 262 g/mol. The lowest BCUT2D eigenvalue weighted by molar-refractivity contribution is -0.384. The van der Waals surface area contributed by atoms with E-state index in [9.17, 15) is 15.2 Å². The zero-order chi connectivity index (χ0) is 15.3. The molecule has 0 spiro atoms. The summed E-state index contributed by atoms with van der Waals surface area (Å²) in [4.78, 5) is 12.5. The van der Waals surface area contributed by atoms with Gasteiger partial charge in [-0.2, -0.15) is 5.10 Å². The van der Waals surface area contributed by atoms with Crippen molar-refractivity contribution in [2.75, 3.05) is 25.0 Å². The Morgan fingerprint density at radius 3 is 2.80 bits per heavy atom. The molecule has 2 rings (SSSR count). The minimum Gasteiger partial charge on any atom is -0.393 e. The van der Waals surface area contributed by atoms with Crippen LogP contribution in [0.15, 0.2) is 6.20 Å². The molecule has 8 heteroatoms. The van der Waals surface area contributed by atoms with Crippen LogP contribution in [0.3, 0.4) is 0 Å². The normalized spacial score (nSPS) is 22.1. The van der Waals surface area contributed by atoms with Crippen molar-refractivity contribution in [3.05, 3.63) is 16.3 Å². The van der Waals surface area contributed by atoms with Crippen LogP contribution in [0.5, 0.6) is 0 Å². The molecule has 2 unspecified atom stereocenters. The van der Waals surface area contributed by atoms with Gasteiger partial charge < -0.3 is 15.7 Å². The molecule has 3 N–H and O–H groups in total. The number of nitrogens with two attached hydrogens (primary N) is 1. The maximum absolute atomic E-state index is 11.0. The zero-order valence-electron chi connectivity index (χ0n) is 12.2. The van der Waals surface area contributed by atoms with Crippen LogP contribution >= 0.6 is 0 Å². The standard InChI is InChI=1S/C11H18N4O3.CH5N/c1-3-8-7-14(5-4-10(8)16)11-9(15(17)18)6-12-13(11)2;1-2/h6,8,10,16H,3-5,7H2,1-2H3;2H2,1H3. The van der Waals surface area contributed by atoms with E-state index in [-0.39, 0.29) is 17.7 Å². The molecule has 0 bridgehead atoms. The Morgan fingerprint density at radius 2 is 2.25 bits per heavy atom. The second kappa shape index (κ2) is 7.20. The number of aryl methyl sites for hydroxylation is 1. The highest BCUT2D eigenvalue weighted by molar-refractivity contribution is 5.57. The summed E-state index contributed by atoms with van der Waals surface area (Å²) in [7, 11) is 3.20. The van der Waals surface area contributed by atoms with Crippen LogP contribution in [0.25, 0.3) is 0 Å². The molecule has 0 saturated carbocycles. The molecule has 1 aliphatic heterocycles. The Bertz CT molecular complexity index is 448. The highest BCUT2D eigenvalue weighted by Crippen LogP contribution is 2.31. The predicted octanol–water partition coefficient (Wildman–Crippen LogP) is 0.500. The summed E-state index contributed by atoms with van der Waals surface area (Å²) >= 11 is 0. The van der Waals surface area contributed by atoms with Crippen molar-refractivity contribution >= 4 is 11.5 Å². The third-order valence-corrected chi connectivity index (χ3v) is 3.60. The molecule has 1 fully saturated rings. The van der Waals surface area contributed by atoms with Crippen LogP contribution in [-0.4, -0.2) is 46.1 Å². The largest absolute Gasteiger partial charge is 0.393 e. The van der Waals surface area contributed by atoms with E-state index in [1.807, 2.05) is 11.8 Å². The van der Waals surface area contributed by atoms with Gasteiger partial charge in [-0.1, -0.05) is 6.92 Å². The number of nitrogens with zero attached hydrogens (tertiary/aromatic N) is 4. The van der Waals surface area contributed by atoms with Gasteiger partial charge in [-0.3, -0.25) is 10.1 Å². The molecule has 0 radical (unpaired) electrons. The molecule has 1 saturated heterocycles. The molecular formula is C12H23N5O3. The molecule has 2 heterocycles. The summed E-state index contributed by atoms with van der Waals surface area (Å²) in [6, 6.07) is 0. The van der Waals surface area contributed by atoms with Crippen molar-refractivity contribution in [3.63, 3.8) is 0 Å². The molecule has 0 aromatic carbocycles. The highest BCUT2D eigenvalue weighted by Gasteiger charge is 2.32. The smallest absolute Gasteiger partial charge is 0.331 e. The number of aliphatic hydroxyl groups excluding tert-OH is 1. The molecule has 20 heavy (non-hydrogen) atoms. The first kappa shape index (κ1) is 16.4.